The van der Waals surface area contributed by atoms with Crippen molar-refractivity contribution in [2.24, 2.45) is 0 Å². The lowest BCUT2D eigenvalue weighted by molar-refractivity contribution is -0.145. The van der Waals surface area contributed by atoms with Gasteiger partial charge >= 0.3 is 12.4 Å². The molecule has 0 saturated carbocycles. The molecule has 1 fully saturated rings. The fourth-order valence-corrected chi connectivity index (χ4v) is 3.56. The van der Waals surface area contributed by atoms with Crippen molar-refractivity contribution in [2.75, 3.05) is 31.1 Å². The Balaban J connectivity index is 2.02. The molecule has 1 saturated heterocycles. The Hall–Kier alpha value is -1.99. The summed E-state index contributed by atoms with van der Waals surface area (Å²) in [6.07, 6.45) is -7.84. The van der Waals surface area contributed by atoms with Crippen LogP contribution in [-0.4, -0.2) is 52.3 Å². The first kappa shape index (κ1) is 19.8. The molecule has 6 nitrogen and oxygen atoms in total. The molecule has 3 rings (SSSR count). The van der Waals surface area contributed by atoms with Crippen molar-refractivity contribution in [2.45, 2.75) is 18.4 Å². The summed E-state index contributed by atoms with van der Waals surface area (Å²) in [5, 5.41) is 11.3. The summed E-state index contributed by atoms with van der Waals surface area (Å²) >= 11 is 0.393. The van der Waals surface area contributed by atoms with E-state index >= 15 is 0 Å². The molecule has 0 spiro atoms. The fourth-order valence-electron chi connectivity index (χ4n) is 2.56. The van der Waals surface area contributed by atoms with Crippen LogP contribution in [0.4, 0.5) is 31.3 Å². The Morgan fingerprint density at radius 1 is 1.15 bits per heavy atom. The summed E-state index contributed by atoms with van der Waals surface area (Å²) in [5.74, 6) is -1.39. The second kappa shape index (κ2) is 7.20. The van der Waals surface area contributed by atoms with Crippen LogP contribution in [0.1, 0.15) is 10.8 Å². The highest BCUT2D eigenvalue weighted by atomic mass is 32.1. The molecule has 1 aliphatic heterocycles. The van der Waals surface area contributed by atoms with Crippen LogP contribution in [0.5, 0.6) is 0 Å². The largest absolute Gasteiger partial charge is 0.451 e. The molecule has 2 aromatic rings. The number of hydrogen-bond donors (Lipinski definition) is 2. The topological polar surface area (TPSA) is 74.2 Å². The lowest BCUT2D eigenvalue weighted by Crippen LogP contribution is -2.52. The Morgan fingerprint density at radius 3 is 2.37 bits per heavy atom. The predicted molar refractivity (Wildman–Crippen MR) is 84.2 cm³/mol. The first-order valence-electron chi connectivity index (χ1n) is 7.66. The predicted octanol–water partition coefficient (Wildman–Crippen LogP) is 2.41. The molecule has 27 heavy (non-hydrogen) atoms. The molecule has 148 valence electrons. The molecule has 0 bridgehead atoms. The van der Waals surface area contributed by atoms with Gasteiger partial charge in [-0.2, -0.15) is 26.3 Å². The number of alkyl halides is 6. The lowest BCUT2D eigenvalue weighted by atomic mass is 10.2. The lowest BCUT2D eigenvalue weighted by Gasteiger charge is -2.33. The second-order valence-electron chi connectivity index (χ2n) is 5.74. The van der Waals surface area contributed by atoms with Crippen LogP contribution in [-0.2, 0) is 12.4 Å². The van der Waals surface area contributed by atoms with Crippen LogP contribution in [0.25, 0.3) is 11.3 Å². The molecule has 2 N–H and O–H groups in total. The van der Waals surface area contributed by atoms with Crippen molar-refractivity contribution < 1.29 is 31.4 Å². The van der Waals surface area contributed by atoms with Gasteiger partial charge in [-0.3, -0.25) is 0 Å². The number of piperazine rings is 1. The number of nitrogens with one attached hydrogen (secondary N) is 1. The zero-order valence-corrected chi connectivity index (χ0v) is 14.3. The minimum Gasteiger partial charge on any atom is -0.395 e. The van der Waals surface area contributed by atoms with E-state index in [1.807, 2.05) is 0 Å². The molecule has 0 aromatic carbocycles. The molecule has 0 amide bonds. The number of thiazole rings is 1. The summed E-state index contributed by atoms with van der Waals surface area (Å²) in [6, 6.07) is -0.341. The first-order chi connectivity index (χ1) is 12.6. The number of rotatable bonds is 3. The van der Waals surface area contributed by atoms with Crippen molar-refractivity contribution in [3.8, 4) is 11.3 Å². The molecular formula is C14H13F6N5OS. The standard InChI is InChI=1S/C14H13F6N5OS/c15-13(16,17)11-22-3-7(4-23-11)9-10(27-12(24-9)14(18,19)20)25-2-1-21-8(5-25)6-26/h3-4,8,21,26H,1-2,5-6H2/t8-/m0/s1. The van der Waals surface area contributed by atoms with E-state index in [4.69, 9.17) is 0 Å². The average Bonchev–Trinajstić information content (AvgIpc) is 3.07. The Bertz CT molecular complexity index is 791. The summed E-state index contributed by atoms with van der Waals surface area (Å²) in [4.78, 5) is 11.6. The molecule has 1 atom stereocenters. The first-order valence-corrected chi connectivity index (χ1v) is 8.48. The van der Waals surface area contributed by atoms with Gasteiger partial charge in [0.1, 0.15) is 10.7 Å². The van der Waals surface area contributed by atoms with E-state index in [-0.39, 0.29) is 35.5 Å². The molecule has 0 aliphatic carbocycles. The number of aromatic nitrogens is 3. The van der Waals surface area contributed by atoms with E-state index < -0.39 is 23.2 Å². The maximum Gasteiger partial charge on any atom is 0.451 e. The zero-order valence-electron chi connectivity index (χ0n) is 13.5. The van der Waals surface area contributed by atoms with Gasteiger partial charge < -0.3 is 15.3 Å². The maximum absolute atomic E-state index is 13.1. The van der Waals surface area contributed by atoms with Gasteiger partial charge in [-0.05, 0) is 0 Å². The van der Waals surface area contributed by atoms with Gasteiger partial charge in [-0.25, -0.2) is 15.0 Å². The van der Waals surface area contributed by atoms with E-state index in [2.05, 4.69) is 20.3 Å². The molecule has 1 aliphatic rings. The number of aliphatic hydroxyl groups excluding tert-OH is 1. The molecular weight excluding hydrogens is 400 g/mol. The zero-order chi connectivity index (χ0) is 19.8. The van der Waals surface area contributed by atoms with Crippen LogP contribution < -0.4 is 10.2 Å². The number of aliphatic hydroxyl groups is 1. The van der Waals surface area contributed by atoms with Crippen molar-refractivity contribution in [1.29, 1.82) is 0 Å². The molecule has 13 heteroatoms. The minimum atomic E-state index is -4.76. The van der Waals surface area contributed by atoms with Crippen molar-refractivity contribution >= 4 is 16.3 Å². The van der Waals surface area contributed by atoms with E-state index in [0.717, 1.165) is 12.4 Å². The van der Waals surface area contributed by atoms with Crippen LogP contribution in [0, 0.1) is 0 Å². The number of halogens is 6. The van der Waals surface area contributed by atoms with E-state index in [1.165, 1.54) is 0 Å². The van der Waals surface area contributed by atoms with E-state index in [9.17, 15) is 31.4 Å². The average molecular weight is 413 g/mol. The highest BCUT2D eigenvalue weighted by molar-refractivity contribution is 7.16. The Labute approximate surface area is 152 Å². The van der Waals surface area contributed by atoms with Crippen LogP contribution in [0.15, 0.2) is 12.4 Å². The van der Waals surface area contributed by atoms with E-state index in [1.54, 1.807) is 4.90 Å². The van der Waals surface area contributed by atoms with Gasteiger partial charge in [0.25, 0.3) is 0 Å². The maximum atomic E-state index is 13.1. The monoisotopic (exact) mass is 413 g/mol. The third-order valence-electron chi connectivity index (χ3n) is 3.79. The van der Waals surface area contributed by atoms with Crippen LogP contribution in [0.3, 0.4) is 0 Å². The summed E-state index contributed by atoms with van der Waals surface area (Å²) in [7, 11) is 0. The Kier molecular flexibility index (Phi) is 5.27. The molecule has 0 radical (unpaired) electrons. The third-order valence-corrected chi connectivity index (χ3v) is 4.95. The number of hydrogen-bond acceptors (Lipinski definition) is 7. The molecule has 3 heterocycles. The summed E-state index contributed by atoms with van der Waals surface area (Å²) < 4.78 is 77.2. The quantitative estimate of drug-likeness (QED) is 0.753. The third kappa shape index (κ3) is 4.30. The number of anilines is 1. The van der Waals surface area contributed by atoms with Gasteiger partial charge in [-0.1, -0.05) is 11.3 Å². The van der Waals surface area contributed by atoms with Crippen LogP contribution >= 0.6 is 11.3 Å². The van der Waals surface area contributed by atoms with Gasteiger partial charge in [0.2, 0.25) is 10.8 Å². The minimum absolute atomic E-state index is 0.0520. The highest BCUT2D eigenvalue weighted by Crippen LogP contribution is 2.42. The molecule has 2 aromatic heterocycles. The van der Waals surface area contributed by atoms with Crippen molar-refractivity contribution in [3.05, 3.63) is 23.2 Å². The summed E-state index contributed by atoms with van der Waals surface area (Å²) in [6.45, 7) is 0.794. The SMILES string of the molecule is OC[C@@H]1CN(c2sc(C(F)(F)F)nc2-c2cnc(C(F)(F)F)nc2)CCN1. The van der Waals surface area contributed by atoms with Gasteiger partial charge in [0, 0.05) is 43.6 Å². The van der Waals surface area contributed by atoms with Gasteiger partial charge in [0.15, 0.2) is 0 Å². The summed E-state index contributed by atoms with van der Waals surface area (Å²) in [5.41, 5.74) is -0.191. The smallest absolute Gasteiger partial charge is 0.395 e. The fraction of sp³-hybridized carbons (Fsp3) is 0.500. The van der Waals surface area contributed by atoms with E-state index in [0.29, 0.717) is 24.4 Å². The molecule has 0 unspecified atom stereocenters. The normalized spacial score (nSPS) is 18.8. The highest BCUT2D eigenvalue weighted by Gasteiger charge is 2.38. The van der Waals surface area contributed by atoms with Gasteiger partial charge in [0.05, 0.1) is 6.61 Å². The van der Waals surface area contributed by atoms with Gasteiger partial charge in [-0.15, -0.1) is 0 Å². The Morgan fingerprint density at radius 2 is 1.81 bits per heavy atom. The van der Waals surface area contributed by atoms with Crippen molar-refractivity contribution in [3.63, 3.8) is 0 Å². The van der Waals surface area contributed by atoms with Crippen LogP contribution in [0.2, 0.25) is 0 Å². The number of nitrogens with zero attached hydrogens (tertiary/aromatic N) is 4. The second-order valence-corrected chi connectivity index (χ2v) is 6.72. The van der Waals surface area contributed by atoms with Crippen molar-refractivity contribution in [1.82, 2.24) is 20.3 Å².